The van der Waals surface area contributed by atoms with Crippen molar-refractivity contribution in [2.24, 2.45) is 11.1 Å². The number of aliphatic hydroxyl groups is 2. The van der Waals surface area contributed by atoms with Crippen LogP contribution < -0.4 is 10.5 Å². The van der Waals surface area contributed by atoms with Crippen LogP contribution >= 0.6 is 0 Å². The molecule has 0 spiro atoms. The number of aliphatic hydroxyl groups excluding tert-OH is 2. The van der Waals surface area contributed by atoms with Crippen LogP contribution in [-0.4, -0.2) is 74.0 Å². The molecular weight excluding hydrogens is 466 g/mol. The number of aromatic nitrogens is 5. The van der Waals surface area contributed by atoms with Crippen molar-refractivity contribution in [2.75, 3.05) is 11.9 Å². The van der Waals surface area contributed by atoms with E-state index in [9.17, 15) is 23.4 Å². The quantitative estimate of drug-likeness (QED) is 0.272. The van der Waals surface area contributed by atoms with Crippen molar-refractivity contribution < 1.29 is 27.6 Å². The normalized spacial score (nSPS) is 22.6. The Balaban J connectivity index is 1.47. The van der Waals surface area contributed by atoms with Gasteiger partial charge in [-0.15, -0.1) is 0 Å². The Hall–Kier alpha value is -3.30. The Morgan fingerprint density at radius 1 is 1.21 bits per heavy atom. The summed E-state index contributed by atoms with van der Waals surface area (Å²) < 4.78 is 28.2. The number of nitrogens with two attached hydrogens (primary N) is 1. The molecule has 0 radical (unpaired) electrons. The van der Waals surface area contributed by atoms with Crippen molar-refractivity contribution >= 4 is 21.9 Å². The highest BCUT2D eigenvalue weighted by molar-refractivity contribution is 7.84. The van der Waals surface area contributed by atoms with Crippen LogP contribution in [0.1, 0.15) is 28.0 Å². The van der Waals surface area contributed by atoms with Crippen LogP contribution in [0.25, 0.3) is 0 Å². The smallest absolute Gasteiger partial charge is 0.333 e. The number of pyridine rings is 1. The molecule has 0 bridgehead atoms. The Labute approximate surface area is 194 Å². The number of anilines is 1. The van der Waals surface area contributed by atoms with Crippen LogP contribution in [0.4, 0.5) is 5.82 Å². The molecule has 3 aromatic rings. The number of nitrogens with one attached hydrogen (secondary N) is 1. The van der Waals surface area contributed by atoms with Gasteiger partial charge in [0.15, 0.2) is 0 Å². The molecule has 4 rings (SSSR count). The van der Waals surface area contributed by atoms with E-state index in [2.05, 4.69) is 29.6 Å². The SMILES string of the molecule is NS(=O)(=O)OC[C@H]1C[C@@H](Nc2ncncc2C(=O)c2ccn(Cc3ccncc3)n2)[C@H](O)[C@@H]1O. The highest BCUT2D eigenvalue weighted by Gasteiger charge is 2.42. The second kappa shape index (κ2) is 9.90. The zero-order valence-corrected chi connectivity index (χ0v) is 18.6. The van der Waals surface area contributed by atoms with E-state index in [1.807, 2.05) is 12.1 Å². The summed E-state index contributed by atoms with van der Waals surface area (Å²) in [6.45, 7) is 0.0695. The van der Waals surface area contributed by atoms with E-state index in [1.54, 1.807) is 29.3 Å². The molecule has 0 unspecified atom stereocenters. The molecule has 3 heterocycles. The first-order valence-corrected chi connectivity index (χ1v) is 11.8. The fourth-order valence-electron chi connectivity index (χ4n) is 3.79. The molecule has 4 atom stereocenters. The zero-order valence-electron chi connectivity index (χ0n) is 17.8. The van der Waals surface area contributed by atoms with Gasteiger partial charge < -0.3 is 15.5 Å². The van der Waals surface area contributed by atoms with Crippen LogP contribution in [0.5, 0.6) is 0 Å². The largest absolute Gasteiger partial charge is 0.390 e. The van der Waals surface area contributed by atoms with Crippen LogP contribution in [0, 0.1) is 5.92 Å². The lowest BCUT2D eigenvalue weighted by Crippen LogP contribution is -2.36. The molecule has 180 valence electrons. The third kappa shape index (κ3) is 5.60. The Morgan fingerprint density at radius 2 is 1.97 bits per heavy atom. The van der Waals surface area contributed by atoms with E-state index in [-0.39, 0.29) is 30.1 Å². The first-order chi connectivity index (χ1) is 16.2. The van der Waals surface area contributed by atoms with E-state index in [0.29, 0.717) is 6.54 Å². The molecule has 13 nitrogen and oxygen atoms in total. The van der Waals surface area contributed by atoms with Crippen molar-refractivity contribution in [3.8, 4) is 0 Å². The molecule has 1 aliphatic carbocycles. The number of hydrogen-bond donors (Lipinski definition) is 4. The first kappa shape index (κ1) is 23.8. The minimum atomic E-state index is -4.19. The monoisotopic (exact) mass is 489 g/mol. The van der Waals surface area contributed by atoms with Gasteiger partial charge in [0.05, 0.1) is 30.9 Å². The highest BCUT2D eigenvalue weighted by Crippen LogP contribution is 2.30. The molecule has 0 aliphatic heterocycles. The summed E-state index contributed by atoms with van der Waals surface area (Å²) in [6.07, 6.45) is 5.22. The Bertz CT molecular complexity index is 1250. The predicted octanol–water partition coefficient (Wildman–Crippen LogP) is -0.910. The van der Waals surface area contributed by atoms with E-state index in [1.165, 1.54) is 12.5 Å². The van der Waals surface area contributed by atoms with Gasteiger partial charge in [0.1, 0.15) is 23.9 Å². The minimum Gasteiger partial charge on any atom is -0.390 e. The van der Waals surface area contributed by atoms with Gasteiger partial charge in [-0.1, -0.05) is 0 Å². The molecule has 1 aliphatic rings. The lowest BCUT2D eigenvalue weighted by atomic mass is 10.1. The Morgan fingerprint density at radius 3 is 2.71 bits per heavy atom. The third-order valence-corrected chi connectivity index (χ3v) is 5.96. The van der Waals surface area contributed by atoms with Gasteiger partial charge in [0.2, 0.25) is 5.78 Å². The van der Waals surface area contributed by atoms with Crippen LogP contribution in [0.3, 0.4) is 0 Å². The van der Waals surface area contributed by atoms with Gasteiger partial charge in [0, 0.05) is 30.7 Å². The van der Waals surface area contributed by atoms with Gasteiger partial charge in [-0.25, -0.2) is 15.1 Å². The average molecular weight is 490 g/mol. The molecule has 14 heteroatoms. The maximum atomic E-state index is 13.1. The van der Waals surface area contributed by atoms with Crippen molar-refractivity contribution in [1.29, 1.82) is 0 Å². The topological polar surface area (TPSA) is 195 Å². The number of hydrogen-bond acceptors (Lipinski definition) is 11. The Kier molecular flexibility index (Phi) is 6.95. The summed E-state index contributed by atoms with van der Waals surface area (Å²) >= 11 is 0. The number of nitrogens with zero attached hydrogens (tertiary/aromatic N) is 5. The molecule has 0 saturated heterocycles. The number of rotatable bonds is 9. The molecule has 0 amide bonds. The minimum absolute atomic E-state index is 0.127. The molecule has 0 aromatic carbocycles. The molecule has 3 aromatic heterocycles. The summed E-state index contributed by atoms with van der Waals surface area (Å²) in [5.41, 5.74) is 1.28. The van der Waals surface area contributed by atoms with Crippen LogP contribution in [0.15, 0.2) is 49.3 Å². The predicted molar refractivity (Wildman–Crippen MR) is 118 cm³/mol. The maximum absolute atomic E-state index is 13.1. The van der Waals surface area contributed by atoms with Crippen molar-refractivity contribution in [1.82, 2.24) is 24.7 Å². The zero-order chi connectivity index (χ0) is 24.3. The molecule has 34 heavy (non-hydrogen) atoms. The number of ketones is 1. The summed E-state index contributed by atoms with van der Waals surface area (Å²) in [7, 11) is -4.19. The first-order valence-electron chi connectivity index (χ1n) is 10.3. The lowest BCUT2D eigenvalue weighted by molar-refractivity contribution is 0.00778. The molecular formula is C20H23N7O6S. The van der Waals surface area contributed by atoms with Crippen LogP contribution in [0.2, 0.25) is 0 Å². The van der Waals surface area contributed by atoms with E-state index in [4.69, 9.17) is 5.14 Å². The standard InChI is InChI=1S/C20H23N7O6S/c21-34(31,32)33-10-13-7-16(19(30)17(13)28)25-20-14(8-23-11-24-20)18(29)15-3-6-27(26-15)9-12-1-4-22-5-2-12/h1-6,8,11,13,16-17,19,28,30H,7,9-10H2,(H2,21,31,32)(H,23,24,25)/t13-,16-,17-,19+/m1/s1. The van der Waals surface area contributed by atoms with Crippen LogP contribution in [-0.2, 0) is 21.0 Å². The molecule has 5 N–H and O–H groups in total. The van der Waals surface area contributed by atoms with E-state index in [0.717, 1.165) is 5.56 Å². The molecule has 1 saturated carbocycles. The third-order valence-electron chi connectivity index (χ3n) is 5.49. The van der Waals surface area contributed by atoms with E-state index >= 15 is 0 Å². The summed E-state index contributed by atoms with van der Waals surface area (Å²) in [4.78, 5) is 25.1. The molecule has 1 fully saturated rings. The maximum Gasteiger partial charge on any atom is 0.333 e. The van der Waals surface area contributed by atoms with Crippen molar-refractivity contribution in [3.05, 3.63) is 66.1 Å². The second-order valence-corrected chi connectivity index (χ2v) is 9.09. The summed E-state index contributed by atoms with van der Waals surface area (Å²) in [5.74, 6) is -0.984. The van der Waals surface area contributed by atoms with Crippen molar-refractivity contribution in [2.45, 2.75) is 31.2 Å². The fourth-order valence-corrected chi connectivity index (χ4v) is 4.15. The van der Waals surface area contributed by atoms with Gasteiger partial charge >= 0.3 is 10.3 Å². The van der Waals surface area contributed by atoms with E-state index < -0.39 is 40.3 Å². The van der Waals surface area contributed by atoms with Crippen molar-refractivity contribution in [3.63, 3.8) is 0 Å². The average Bonchev–Trinajstić information content (AvgIpc) is 3.38. The summed E-state index contributed by atoms with van der Waals surface area (Å²) in [6, 6.07) is 4.54. The number of carbonyl (C=O) groups excluding carboxylic acids is 1. The van der Waals surface area contributed by atoms with Gasteiger partial charge in [-0.05, 0) is 30.2 Å². The second-order valence-electron chi connectivity index (χ2n) is 7.87. The summed E-state index contributed by atoms with van der Waals surface area (Å²) in [5, 5.41) is 32.8. The van der Waals surface area contributed by atoms with Gasteiger partial charge in [-0.2, -0.15) is 13.5 Å². The number of carbonyl (C=O) groups is 1. The van der Waals surface area contributed by atoms with Gasteiger partial charge in [0.25, 0.3) is 0 Å². The highest BCUT2D eigenvalue weighted by atomic mass is 32.2. The fraction of sp³-hybridized carbons (Fsp3) is 0.350. The lowest BCUT2D eigenvalue weighted by Gasteiger charge is -2.19. The van der Waals surface area contributed by atoms with Gasteiger partial charge in [-0.3, -0.25) is 18.6 Å².